The van der Waals surface area contributed by atoms with E-state index in [1.165, 1.54) is 6.42 Å². The second-order valence-corrected chi connectivity index (χ2v) is 4.88. The maximum atomic E-state index is 11.5. The number of hydrogen-bond acceptors (Lipinski definition) is 4. The molecule has 0 aliphatic carbocycles. The van der Waals surface area contributed by atoms with Gasteiger partial charge in [-0.2, -0.15) is 0 Å². The molecule has 0 aromatic carbocycles. The van der Waals surface area contributed by atoms with E-state index in [1.54, 1.807) is 6.92 Å². The smallest absolute Gasteiger partial charge is 0.308 e. The Morgan fingerprint density at radius 3 is 3.06 bits per heavy atom. The molecule has 2 fully saturated rings. The van der Waals surface area contributed by atoms with Crippen LogP contribution in [0.15, 0.2) is 0 Å². The zero-order chi connectivity index (χ0) is 11.6. The van der Waals surface area contributed by atoms with Gasteiger partial charge in [0.1, 0.15) is 0 Å². The molecule has 2 heterocycles. The number of piperidine rings is 1. The van der Waals surface area contributed by atoms with Crippen molar-refractivity contribution in [2.75, 3.05) is 19.7 Å². The van der Waals surface area contributed by atoms with E-state index >= 15 is 0 Å². The SMILES string of the molecule is CCOC(=O)CC1(O)CCN2CCCCC21. The van der Waals surface area contributed by atoms with Gasteiger partial charge in [0.05, 0.1) is 18.6 Å². The number of carbonyl (C=O) groups is 1. The van der Waals surface area contributed by atoms with Crippen molar-refractivity contribution in [3.63, 3.8) is 0 Å². The summed E-state index contributed by atoms with van der Waals surface area (Å²) in [5.74, 6) is -0.266. The molecule has 0 spiro atoms. The molecule has 2 aliphatic rings. The third kappa shape index (κ3) is 2.23. The summed E-state index contributed by atoms with van der Waals surface area (Å²) in [6.07, 6.45) is 4.24. The first-order valence-electron chi connectivity index (χ1n) is 6.28. The summed E-state index contributed by atoms with van der Waals surface area (Å²) in [6.45, 7) is 4.17. The normalized spacial score (nSPS) is 34.8. The van der Waals surface area contributed by atoms with Gasteiger partial charge in [-0.25, -0.2) is 0 Å². The Labute approximate surface area is 96.6 Å². The molecule has 2 aliphatic heterocycles. The van der Waals surface area contributed by atoms with Crippen LogP contribution in [0.5, 0.6) is 0 Å². The minimum atomic E-state index is -0.841. The maximum Gasteiger partial charge on any atom is 0.308 e. The molecule has 0 radical (unpaired) electrons. The van der Waals surface area contributed by atoms with Crippen molar-refractivity contribution in [1.82, 2.24) is 4.90 Å². The summed E-state index contributed by atoms with van der Waals surface area (Å²) in [6, 6.07) is 0.172. The predicted octanol–water partition coefficient (Wildman–Crippen LogP) is 0.929. The summed E-state index contributed by atoms with van der Waals surface area (Å²) in [5, 5.41) is 10.5. The molecule has 4 nitrogen and oxygen atoms in total. The second kappa shape index (κ2) is 4.72. The molecule has 0 aromatic rings. The predicted molar refractivity (Wildman–Crippen MR) is 60.0 cm³/mol. The fourth-order valence-corrected chi connectivity index (χ4v) is 3.04. The highest BCUT2D eigenvalue weighted by Gasteiger charge is 2.47. The van der Waals surface area contributed by atoms with Crippen LogP contribution in [-0.2, 0) is 9.53 Å². The maximum absolute atomic E-state index is 11.5. The molecular weight excluding hydrogens is 206 g/mol. The first kappa shape index (κ1) is 11.9. The molecule has 92 valence electrons. The van der Waals surface area contributed by atoms with Gasteiger partial charge >= 0.3 is 5.97 Å². The molecule has 2 unspecified atom stereocenters. The number of aliphatic hydroxyl groups is 1. The Kier molecular flexibility index (Phi) is 3.50. The molecule has 0 amide bonds. The lowest BCUT2D eigenvalue weighted by Crippen LogP contribution is -2.48. The second-order valence-electron chi connectivity index (χ2n) is 4.88. The lowest BCUT2D eigenvalue weighted by Gasteiger charge is -2.36. The molecule has 2 atom stereocenters. The fraction of sp³-hybridized carbons (Fsp3) is 0.917. The molecule has 0 aromatic heterocycles. The number of rotatable bonds is 3. The number of nitrogens with zero attached hydrogens (tertiary/aromatic N) is 1. The van der Waals surface area contributed by atoms with E-state index in [0.717, 1.165) is 25.9 Å². The Morgan fingerprint density at radius 2 is 2.31 bits per heavy atom. The molecule has 16 heavy (non-hydrogen) atoms. The van der Waals surface area contributed by atoms with Crippen LogP contribution in [0.1, 0.15) is 39.0 Å². The van der Waals surface area contributed by atoms with Crippen LogP contribution in [0.25, 0.3) is 0 Å². The summed E-state index contributed by atoms with van der Waals surface area (Å²) in [7, 11) is 0. The average molecular weight is 227 g/mol. The van der Waals surface area contributed by atoms with Gasteiger partial charge in [-0.3, -0.25) is 9.69 Å². The largest absolute Gasteiger partial charge is 0.466 e. The number of hydrogen-bond donors (Lipinski definition) is 1. The van der Waals surface area contributed by atoms with Crippen LogP contribution in [0.4, 0.5) is 0 Å². The van der Waals surface area contributed by atoms with Crippen LogP contribution in [0.3, 0.4) is 0 Å². The van der Waals surface area contributed by atoms with Gasteiger partial charge in [-0.1, -0.05) is 6.42 Å². The van der Waals surface area contributed by atoms with Crippen molar-refractivity contribution < 1.29 is 14.6 Å². The Bertz CT molecular complexity index is 269. The lowest BCUT2D eigenvalue weighted by atomic mass is 9.86. The van der Waals surface area contributed by atoms with Gasteiger partial charge in [0.2, 0.25) is 0 Å². The van der Waals surface area contributed by atoms with E-state index in [0.29, 0.717) is 13.0 Å². The van der Waals surface area contributed by atoms with Crippen molar-refractivity contribution in [2.45, 2.75) is 50.7 Å². The minimum Gasteiger partial charge on any atom is -0.466 e. The average Bonchev–Trinajstić information content (AvgIpc) is 2.58. The number of ether oxygens (including phenoxy) is 1. The Balaban J connectivity index is 1.98. The minimum absolute atomic E-state index is 0.155. The first-order chi connectivity index (χ1) is 7.65. The van der Waals surface area contributed by atoms with Crippen molar-refractivity contribution in [2.24, 2.45) is 0 Å². The van der Waals surface area contributed by atoms with E-state index in [9.17, 15) is 9.90 Å². The van der Waals surface area contributed by atoms with Crippen LogP contribution in [0.2, 0.25) is 0 Å². The van der Waals surface area contributed by atoms with Gasteiger partial charge < -0.3 is 9.84 Å². The first-order valence-corrected chi connectivity index (χ1v) is 6.28. The van der Waals surface area contributed by atoms with Crippen molar-refractivity contribution in [3.05, 3.63) is 0 Å². The highest BCUT2D eigenvalue weighted by molar-refractivity contribution is 5.71. The van der Waals surface area contributed by atoms with Crippen molar-refractivity contribution >= 4 is 5.97 Å². The highest BCUT2D eigenvalue weighted by atomic mass is 16.5. The molecule has 2 rings (SSSR count). The molecule has 0 bridgehead atoms. The van der Waals surface area contributed by atoms with Crippen molar-refractivity contribution in [1.29, 1.82) is 0 Å². The quantitative estimate of drug-likeness (QED) is 0.729. The van der Waals surface area contributed by atoms with Crippen LogP contribution in [0, 0.1) is 0 Å². The number of esters is 1. The van der Waals surface area contributed by atoms with Gasteiger partial charge in [0.25, 0.3) is 0 Å². The van der Waals surface area contributed by atoms with Gasteiger partial charge in [0, 0.05) is 12.6 Å². The van der Waals surface area contributed by atoms with E-state index in [4.69, 9.17) is 4.74 Å². The zero-order valence-corrected chi connectivity index (χ0v) is 9.95. The zero-order valence-electron chi connectivity index (χ0n) is 9.95. The molecule has 1 N–H and O–H groups in total. The third-order valence-electron chi connectivity index (χ3n) is 3.82. The Morgan fingerprint density at radius 1 is 1.50 bits per heavy atom. The van der Waals surface area contributed by atoms with Gasteiger partial charge in [0.15, 0.2) is 0 Å². The van der Waals surface area contributed by atoms with E-state index in [-0.39, 0.29) is 18.4 Å². The van der Waals surface area contributed by atoms with E-state index < -0.39 is 5.60 Å². The molecular formula is C12H21NO3. The van der Waals surface area contributed by atoms with E-state index in [1.807, 2.05) is 0 Å². The molecule has 2 saturated heterocycles. The summed E-state index contributed by atoms with van der Waals surface area (Å²) >= 11 is 0. The summed E-state index contributed by atoms with van der Waals surface area (Å²) < 4.78 is 4.93. The lowest BCUT2D eigenvalue weighted by molar-refractivity contribution is -0.150. The summed E-state index contributed by atoms with van der Waals surface area (Å²) in [5.41, 5.74) is -0.841. The third-order valence-corrected chi connectivity index (χ3v) is 3.82. The van der Waals surface area contributed by atoms with E-state index in [2.05, 4.69) is 4.90 Å². The van der Waals surface area contributed by atoms with Crippen molar-refractivity contribution in [3.8, 4) is 0 Å². The highest BCUT2D eigenvalue weighted by Crippen LogP contribution is 2.37. The Hall–Kier alpha value is -0.610. The summed E-state index contributed by atoms with van der Waals surface area (Å²) in [4.78, 5) is 13.8. The number of fused-ring (bicyclic) bond motifs is 1. The molecule has 4 heteroatoms. The molecule has 0 saturated carbocycles. The van der Waals surface area contributed by atoms with Crippen LogP contribution < -0.4 is 0 Å². The standard InChI is InChI=1S/C12H21NO3/c1-2-16-11(14)9-12(15)6-8-13-7-4-3-5-10(12)13/h10,15H,2-9H2,1H3. The fourth-order valence-electron chi connectivity index (χ4n) is 3.04. The monoisotopic (exact) mass is 227 g/mol. The van der Waals surface area contributed by atoms with Crippen LogP contribution in [-0.4, -0.2) is 47.3 Å². The van der Waals surface area contributed by atoms with Crippen LogP contribution >= 0.6 is 0 Å². The van der Waals surface area contributed by atoms with Gasteiger partial charge in [-0.15, -0.1) is 0 Å². The topological polar surface area (TPSA) is 49.8 Å². The number of carbonyl (C=O) groups excluding carboxylic acids is 1. The van der Waals surface area contributed by atoms with Gasteiger partial charge in [-0.05, 0) is 32.7 Å².